The van der Waals surface area contributed by atoms with Gasteiger partial charge in [-0.15, -0.1) is 0 Å². The number of carbonyl (C=O) groups excluding carboxylic acids is 2. The molecule has 0 spiro atoms. The number of methoxy groups -OCH3 is 1. The van der Waals surface area contributed by atoms with E-state index in [4.69, 9.17) is 9.47 Å². The van der Waals surface area contributed by atoms with Gasteiger partial charge in [0, 0.05) is 5.69 Å². The van der Waals surface area contributed by atoms with Crippen LogP contribution >= 0.6 is 0 Å². The summed E-state index contributed by atoms with van der Waals surface area (Å²) >= 11 is 0. The van der Waals surface area contributed by atoms with Crippen LogP contribution in [0.2, 0.25) is 0 Å². The van der Waals surface area contributed by atoms with E-state index in [1.165, 1.54) is 12.0 Å². The normalized spacial score (nSPS) is 17.2. The van der Waals surface area contributed by atoms with Crippen LogP contribution in [-0.2, 0) is 9.59 Å². The number of hydrogen-bond donors (Lipinski definition) is 1. The molecule has 1 heterocycles. The maximum Gasteiger partial charge on any atom is 0.300 e. The van der Waals surface area contributed by atoms with Crippen molar-refractivity contribution in [3.63, 3.8) is 0 Å². The summed E-state index contributed by atoms with van der Waals surface area (Å²) in [5, 5.41) is 11.5. The topological polar surface area (TPSA) is 76.1 Å². The van der Waals surface area contributed by atoms with Crippen molar-refractivity contribution >= 4 is 23.1 Å². The maximum atomic E-state index is 13.4. The van der Waals surface area contributed by atoms with Crippen LogP contribution in [0.4, 0.5) is 5.69 Å². The Morgan fingerprint density at radius 1 is 0.971 bits per heavy atom. The Morgan fingerprint density at radius 3 is 2.34 bits per heavy atom. The summed E-state index contributed by atoms with van der Waals surface area (Å²) in [5.74, 6) is -0.672. The third-order valence-electron chi connectivity index (χ3n) is 5.90. The van der Waals surface area contributed by atoms with Crippen molar-refractivity contribution in [2.45, 2.75) is 39.8 Å². The molecule has 3 aromatic carbocycles. The number of Topliss-reactive ketones (excluding diaryl/α,β-unsaturated/α-hetero) is 1. The highest BCUT2D eigenvalue weighted by atomic mass is 16.5. The number of hydrogen-bond acceptors (Lipinski definition) is 5. The molecule has 3 aromatic rings. The van der Waals surface area contributed by atoms with E-state index in [2.05, 4.69) is 0 Å². The van der Waals surface area contributed by atoms with E-state index in [-0.39, 0.29) is 17.4 Å². The monoisotopic (exact) mass is 471 g/mol. The van der Waals surface area contributed by atoms with Gasteiger partial charge in [0.1, 0.15) is 17.3 Å². The average molecular weight is 472 g/mol. The SMILES string of the molecule is COc1c(C)cc(C)cc1/C(O)=C1\C(=O)C(=O)N(c2ccccc2)C1c1cccc(OC(C)C)c1. The molecule has 6 nitrogen and oxygen atoms in total. The number of aryl methyl sites for hydroxylation is 2. The second-order valence-corrected chi connectivity index (χ2v) is 8.91. The van der Waals surface area contributed by atoms with E-state index < -0.39 is 17.7 Å². The highest BCUT2D eigenvalue weighted by molar-refractivity contribution is 6.51. The first-order chi connectivity index (χ1) is 16.7. The Hall–Kier alpha value is -4.06. The van der Waals surface area contributed by atoms with Crippen LogP contribution < -0.4 is 14.4 Å². The molecule has 180 valence electrons. The zero-order chi connectivity index (χ0) is 25.3. The van der Waals surface area contributed by atoms with Gasteiger partial charge in [-0.25, -0.2) is 0 Å². The van der Waals surface area contributed by atoms with Crippen LogP contribution in [0.1, 0.15) is 42.1 Å². The Morgan fingerprint density at radius 2 is 1.69 bits per heavy atom. The molecular weight excluding hydrogens is 442 g/mol. The predicted octanol–water partition coefficient (Wildman–Crippen LogP) is 5.73. The van der Waals surface area contributed by atoms with Gasteiger partial charge in [-0.2, -0.15) is 0 Å². The number of aliphatic hydroxyl groups is 1. The number of nitrogens with zero attached hydrogens (tertiary/aromatic N) is 1. The molecule has 1 atom stereocenters. The summed E-state index contributed by atoms with van der Waals surface area (Å²) in [7, 11) is 1.52. The number of benzene rings is 3. The van der Waals surface area contributed by atoms with Crippen LogP contribution in [0.15, 0.2) is 72.3 Å². The Labute approximate surface area is 205 Å². The number of anilines is 1. The molecule has 1 fully saturated rings. The highest BCUT2D eigenvalue weighted by Gasteiger charge is 2.47. The van der Waals surface area contributed by atoms with Crippen LogP contribution in [0.5, 0.6) is 11.5 Å². The summed E-state index contributed by atoms with van der Waals surface area (Å²) in [6.07, 6.45) is -0.0507. The fourth-order valence-electron chi connectivity index (χ4n) is 4.58. The van der Waals surface area contributed by atoms with Gasteiger partial charge in [0.25, 0.3) is 11.7 Å². The zero-order valence-electron chi connectivity index (χ0n) is 20.5. The van der Waals surface area contributed by atoms with Crippen LogP contribution in [-0.4, -0.2) is 30.0 Å². The molecule has 0 aromatic heterocycles. The first-order valence-electron chi connectivity index (χ1n) is 11.5. The third-order valence-corrected chi connectivity index (χ3v) is 5.90. The minimum absolute atomic E-state index is 0.00356. The van der Waals surface area contributed by atoms with Gasteiger partial charge in [-0.1, -0.05) is 36.4 Å². The predicted molar refractivity (Wildman–Crippen MR) is 136 cm³/mol. The molecule has 1 amide bonds. The van der Waals surface area contributed by atoms with E-state index in [1.807, 2.05) is 58.0 Å². The third kappa shape index (κ3) is 4.52. The molecular formula is C29H29NO5. The minimum atomic E-state index is -0.848. The number of ketones is 1. The fraction of sp³-hybridized carbons (Fsp3) is 0.241. The Kier molecular flexibility index (Phi) is 6.65. The molecule has 0 saturated carbocycles. The van der Waals surface area contributed by atoms with E-state index in [1.54, 1.807) is 36.4 Å². The molecule has 1 aliphatic rings. The van der Waals surface area contributed by atoms with Crippen molar-refractivity contribution in [3.05, 3.63) is 94.6 Å². The molecule has 1 aliphatic heterocycles. The molecule has 1 unspecified atom stereocenters. The Bertz CT molecular complexity index is 1310. The van der Waals surface area contributed by atoms with Gasteiger partial charge in [0.15, 0.2) is 0 Å². The van der Waals surface area contributed by atoms with Gasteiger partial charge in [-0.05, 0) is 74.7 Å². The zero-order valence-corrected chi connectivity index (χ0v) is 20.5. The van der Waals surface area contributed by atoms with E-state index in [9.17, 15) is 14.7 Å². The number of carbonyl (C=O) groups is 2. The first kappa shape index (κ1) is 24.1. The first-order valence-corrected chi connectivity index (χ1v) is 11.5. The van der Waals surface area contributed by atoms with Crippen molar-refractivity contribution in [2.75, 3.05) is 12.0 Å². The lowest BCUT2D eigenvalue weighted by atomic mass is 9.93. The van der Waals surface area contributed by atoms with Crippen molar-refractivity contribution in [1.82, 2.24) is 0 Å². The lowest BCUT2D eigenvalue weighted by molar-refractivity contribution is -0.132. The minimum Gasteiger partial charge on any atom is -0.507 e. The largest absolute Gasteiger partial charge is 0.507 e. The number of ether oxygens (including phenoxy) is 2. The molecule has 0 bridgehead atoms. The van der Waals surface area contributed by atoms with Crippen molar-refractivity contribution in [3.8, 4) is 11.5 Å². The van der Waals surface area contributed by atoms with E-state index in [0.717, 1.165) is 11.1 Å². The van der Waals surface area contributed by atoms with Gasteiger partial charge in [0.2, 0.25) is 0 Å². The number of amides is 1. The number of para-hydroxylation sites is 1. The summed E-state index contributed by atoms with van der Waals surface area (Å²) < 4.78 is 11.4. The molecule has 0 aliphatic carbocycles. The quantitative estimate of drug-likeness (QED) is 0.282. The van der Waals surface area contributed by atoms with Crippen molar-refractivity contribution in [2.24, 2.45) is 0 Å². The van der Waals surface area contributed by atoms with E-state index >= 15 is 0 Å². The summed E-state index contributed by atoms with van der Waals surface area (Å²) in [6, 6.07) is 19.1. The molecule has 1 N–H and O–H groups in total. The fourth-order valence-corrected chi connectivity index (χ4v) is 4.58. The van der Waals surface area contributed by atoms with Crippen LogP contribution in [0.3, 0.4) is 0 Å². The molecule has 6 heteroatoms. The molecule has 1 saturated heterocycles. The van der Waals surface area contributed by atoms with Gasteiger partial charge < -0.3 is 14.6 Å². The molecule has 0 radical (unpaired) electrons. The highest BCUT2D eigenvalue weighted by Crippen LogP contribution is 2.44. The second kappa shape index (κ2) is 9.66. The lowest BCUT2D eigenvalue weighted by Crippen LogP contribution is -2.29. The number of rotatable bonds is 6. The molecule has 35 heavy (non-hydrogen) atoms. The van der Waals surface area contributed by atoms with Crippen molar-refractivity contribution in [1.29, 1.82) is 0 Å². The number of aliphatic hydroxyl groups excluding tert-OH is 1. The van der Waals surface area contributed by atoms with Gasteiger partial charge in [-0.3, -0.25) is 14.5 Å². The Balaban J connectivity index is 1.99. The maximum absolute atomic E-state index is 13.4. The summed E-state index contributed by atoms with van der Waals surface area (Å²) in [5.41, 5.74) is 3.29. The van der Waals surface area contributed by atoms with Crippen LogP contribution in [0.25, 0.3) is 5.76 Å². The van der Waals surface area contributed by atoms with E-state index in [0.29, 0.717) is 28.3 Å². The lowest BCUT2D eigenvalue weighted by Gasteiger charge is -2.26. The average Bonchev–Trinajstić information content (AvgIpc) is 3.09. The smallest absolute Gasteiger partial charge is 0.300 e. The standard InChI is InChI=1S/C29H29NO5/c1-17(2)35-22-13-9-10-20(16-22)25-24(26(31)23-15-18(3)14-19(4)28(23)34-5)27(32)29(33)30(25)21-11-7-6-8-12-21/h6-17,25,31H,1-5H3/b26-24+. The van der Waals surface area contributed by atoms with Crippen LogP contribution in [0, 0.1) is 13.8 Å². The summed E-state index contributed by atoms with van der Waals surface area (Å²) in [4.78, 5) is 28.2. The van der Waals surface area contributed by atoms with Gasteiger partial charge in [0.05, 0.1) is 30.4 Å². The second-order valence-electron chi connectivity index (χ2n) is 8.91. The molecule has 4 rings (SSSR count). The van der Waals surface area contributed by atoms with Gasteiger partial charge >= 0.3 is 0 Å². The van der Waals surface area contributed by atoms with Crippen molar-refractivity contribution < 1.29 is 24.2 Å². The summed E-state index contributed by atoms with van der Waals surface area (Å²) in [6.45, 7) is 7.62.